The van der Waals surface area contributed by atoms with Crippen molar-refractivity contribution in [3.63, 3.8) is 0 Å². The Morgan fingerprint density at radius 2 is 1.89 bits per heavy atom. The average molecular weight is 603 g/mol. The van der Waals surface area contributed by atoms with E-state index in [1.165, 1.54) is 23.9 Å². The van der Waals surface area contributed by atoms with Crippen molar-refractivity contribution in [3.8, 4) is 11.5 Å². The number of nitro groups is 1. The first kappa shape index (κ1) is 26.7. The van der Waals surface area contributed by atoms with Gasteiger partial charge in [0.25, 0.3) is 11.6 Å². The minimum atomic E-state index is -0.446. The summed E-state index contributed by atoms with van der Waals surface area (Å²) in [6.45, 7) is 4.35. The summed E-state index contributed by atoms with van der Waals surface area (Å²) in [6, 6.07) is 15.2. The van der Waals surface area contributed by atoms with Crippen LogP contribution in [-0.2, 0) is 11.4 Å². The molecule has 3 aromatic carbocycles. The number of nitro benzene ring substituents is 1. The zero-order valence-corrected chi connectivity index (χ0v) is 22.9. The van der Waals surface area contributed by atoms with Crippen molar-refractivity contribution in [1.82, 2.24) is 5.32 Å². The van der Waals surface area contributed by atoms with Crippen LogP contribution in [0.5, 0.6) is 11.5 Å². The number of non-ortho nitro benzene ring substituents is 1. The van der Waals surface area contributed by atoms with Crippen LogP contribution in [0.3, 0.4) is 0 Å². The van der Waals surface area contributed by atoms with Gasteiger partial charge in [0.05, 0.1) is 22.1 Å². The predicted octanol–water partition coefficient (Wildman–Crippen LogP) is 7.19. The van der Waals surface area contributed by atoms with Gasteiger partial charge in [0.2, 0.25) is 0 Å². The zero-order valence-electron chi connectivity index (χ0n) is 19.8. The minimum Gasteiger partial charge on any atom is -0.490 e. The highest BCUT2D eigenvalue weighted by Gasteiger charge is 2.25. The quantitative estimate of drug-likeness (QED) is 0.166. The highest BCUT2D eigenvalue weighted by Crippen LogP contribution is 2.37. The lowest BCUT2D eigenvalue weighted by Gasteiger charge is -2.14. The SMILES string of the molecule is CCOc1cc(/C=C2/SC(=Nc3cccc(Cl)c3C)NC2=O)c(Br)cc1OCc1ccc([N+](=O)[O-])cc1. The summed E-state index contributed by atoms with van der Waals surface area (Å²) in [4.78, 5) is 28.1. The van der Waals surface area contributed by atoms with E-state index < -0.39 is 4.92 Å². The van der Waals surface area contributed by atoms with E-state index >= 15 is 0 Å². The molecule has 8 nitrogen and oxygen atoms in total. The highest BCUT2D eigenvalue weighted by atomic mass is 79.9. The molecule has 1 fully saturated rings. The van der Waals surface area contributed by atoms with Crippen molar-refractivity contribution in [1.29, 1.82) is 0 Å². The van der Waals surface area contributed by atoms with Crippen LogP contribution in [0.1, 0.15) is 23.6 Å². The zero-order chi connectivity index (χ0) is 26.5. The number of aliphatic imine (C=N–C) groups is 1. The average Bonchev–Trinajstić information content (AvgIpc) is 3.21. The number of carbonyl (C=O) groups is 1. The Bertz CT molecular complexity index is 1430. The molecular weight excluding hydrogens is 582 g/mol. The summed E-state index contributed by atoms with van der Waals surface area (Å²) in [5.41, 5.74) is 3.03. The molecule has 37 heavy (non-hydrogen) atoms. The number of nitrogens with zero attached hydrogens (tertiary/aromatic N) is 2. The van der Waals surface area contributed by atoms with Gasteiger partial charge in [0.15, 0.2) is 16.7 Å². The number of halogens is 2. The second-order valence-corrected chi connectivity index (χ2v) is 10.1. The first-order valence-corrected chi connectivity index (χ1v) is 13.1. The van der Waals surface area contributed by atoms with E-state index in [-0.39, 0.29) is 18.2 Å². The van der Waals surface area contributed by atoms with E-state index in [1.807, 2.05) is 26.0 Å². The highest BCUT2D eigenvalue weighted by molar-refractivity contribution is 9.10. The molecule has 1 aliphatic heterocycles. The van der Waals surface area contributed by atoms with E-state index in [0.717, 1.165) is 16.7 Å². The van der Waals surface area contributed by atoms with E-state index in [9.17, 15) is 14.9 Å². The number of ether oxygens (including phenoxy) is 2. The Morgan fingerprint density at radius 1 is 1.16 bits per heavy atom. The summed E-state index contributed by atoms with van der Waals surface area (Å²) < 4.78 is 12.4. The van der Waals surface area contributed by atoms with Gasteiger partial charge in [-0.2, -0.15) is 0 Å². The third-order valence-corrected chi connectivity index (χ3v) is 7.31. The molecule has 1 N–H and O–H groups in total. The number of benzene rings is 3. The molecule has 0 unspecified atom stereocenters. The Morgan fingerprint density at radius 3 is 2.59 bits per heavy atom. The van der Waals surface area contributed by atoms with Gasteiger partial charge in [0, 0.05) is 21.6 Å². The molecule has 1 aliphatic rings. The van der Waals surface area contributed by atoms with Gasteiger partial charge in [-0.05, 0) is 84.8 Å². The van der Waals surface area contributed by atoms with Crippen LogP contribution in [0.25, 0.3) is 6.08 Å². The van der Waals surface area contributed by atoms with Gasteiger partial charge in [-0.3, -0.25) is 14.9 Å². The third-order valence-electron chi connectivity index (χ3n) is 5.30. The summed E-state index contributed by atoms with van der Waals surface area (Å²) in [7, 11) is 0. The molecule has 0 spiro atoms. The lowest BCUT2D eigenvalue weighted by Crippen LogP contribution is -2.19. The van der Waals surface area contributed by atoms with Crippen LogP contribution in [0.2, 0.25) is 5.02 Å². The third kappa shape index (κ3) is 6.51. The smallest absolute Gasteiger partial charge is 0.269 e. The van der Waals surface area contributed by atoms with Gasteiger partial charge in [-0.25, -0.2) is 4.99 Å². The second-order valence-electron chi connectivity index (χ2n) is 7.83. The molecular formula is C26H21BrClN3O5S. The molecule has 4 rings (SSSR count). The largest absolute Gasteiger partial charge is 0.490 e. The number of thioether (sulfide) groups is 1. The summed E-state index contributed by atoms with van der Waals surface area (Å²) in [6.07, 6.45) is 1.75. The molecule has 1 saturated heterocycles. The molecule has 11 heteroatoms. The van der Waals surface area contributed by atoms with E-state index in [0.29, 0.717) is 43.4 Å². The van der Waals surface area contributed by atoms with Crippen LogP contribution in [0, 0.1) is 17.0 Å². The van der Waals surface area contributed by atoms with Crippen LogP contribution in [0.4, 0.5) is 11.4 Å². The standard InChI is InChI=1S/C26H21BrClN3O5S/c1-3-35-22-11-17(19(27)13-23(22)36-14-16-7-9-18(10-8-16)31(33)34)12-24-25(32)30-26(37-24)29-21-6-4-5-20(28)15(21)2/h4-13H,3,14H2,1-2H3,(H,29,30,32)/b24-12+. The van der Waals surface area contributed by atoms with Gasteiger partial charge in [-0.1, -0.05) is 33.6 Å². The maximum Gasteiger partial charge on any atom is 0.269 e. The van der Waals surface area contributed by atoms with Gasteiger partial charge >= 0.3 is 0 Å². The van der Waals surface area contributed by atoms with Crippen molar-refractivity contribution in [2.45, 2.75) is 20.5 Å². The van der Waals surface area contributed by atoms with Crippen molar-refractivity contribution in [2.75, 3.05) is 6.61 Å². The first-order chi connectivity index (χ1) is 17.7. The molecule has 1 heterocycles. The number of nitrogens with one attached hydrogen (secondary N) is 1. The predicted molar refractivity (Wildman–Crippen MR) is 150 cm³/mol. The van der Waals surface area contributed by atoms with Crippen LogP contribution >= 0.6 is 39.3 Å². The van der Waals surface area contributed by atoms with Crippen LogP contribution < -0.4 is 14.8 Å². The fraction of sp³-hybridized carbons (Fsp3) is 0.154. The van der Waals surface area contributed by atoms with Gasteiger partial charge < -0.3 is 14.8 Å². The summed E-state index contributed by atoms with van der Waals surface area (Å²) in [5.74, 6) is 0.745. The second kappa shape index (κ2) is 11.8. The maximum atomic E-state index is 12.6. The van der Waals surface area contributed by atoms with E-state index in [2.05, 4.69) is 26.2 Å². The lowest BCUT2D eigenvalue weighted by atomic mass is 10.1. The molecule has 0 radical (unpaired) electrons. The van der Waals surface area contributed by atoms with Crippen LogP contribution in [0.15, 0.2) is 69.0 Å². The van der Waals surface area contributed by atoms with E-state index in [1.54, 1.807) is 36.4 Å². The van der Waals surface area contributed by atoms with Crippen molar-refractivity contribution >= 4 is 67.8 Å². The minimum absolute atomic E-state index is 0.0172. The Balaban J connectivity index is 1.55. The van der Waals surface area contributed by atoms with Crippen LogP contribution in [-0.4, -0.2) is 22.6 Å². The first-order valence-electron chi connectivity index (χ1n) is 11.1. The molecule has 1 amide bonds. The fourth-order valence-electron chi connectivity index (χ4n) is 3.37. The topological polar surface area (TPSA) is 103 Å². The van der Waals surface area contributed by atoms with E-state index in [4.69, 9.17) is 21.1 Å². The van der Waals surface area contributed by atoms with Crippen molar-refractivity contribution in [2.24, 2.45) is 4.99 Å². The molecule has 0 atom stereocenters. The Kier molecular flexibility index (Phi) is 8.52. The molecule has 3 aromatic rings. The Labute approximate surface area is 231 Å². The monoisotopic (exact) mass is 601 g/mol. The number of amidine groups is 1. The maximum absolute atomic E-state index is 12.6. The lowest BCUT2D eigenvalue weighted by molar-refractivity contribution is -0.384. The molecule has 0 aromatic heterocycles. The molecule has 0 bridgehead atoms. The van der Waals surface area contributed by atoms with Gasteiger partial charge in [-0.15, -0.1) is 0 Å². The number of hydrogen-bond acceptors (Lipinski definition) is 7. The van der Waals surface area contributed by atoms with Crippen molar-refractivity contribution in [3.05, 3.63) is 95.8 Å². The molecule has 190 valence electrons. The Hall–Kier alpha value is -3.34. The number of carbonyl (C=O) groups excluding carboxylic acids is 1. The summed E-state index contributed by atoms with van der Waals surface area (Å²) in [5, 5.41) is 14.7. The fourth-order valence-corrected chi connectivity index (χ4v) is 4.80. The number of rotatable bonds is 8. The van der Waals surface area contributed by atoms with Crippen molar-refractivity contribution < 1.29 is 19.2 Å². The summed E-state index contributed by atoms with van der Waals surface area (Å²) >= 11 is 11.0. The molecule has 0 saturated carbocycles. The van der Waals surface area contributed by atoms with Gasteiger partial charge in [0.1, 0.15) is 6.61 Å². The molecule has 0 aliphatic carbocycles. The number of hydrogen-bond donors (Lipinski definition) is 1. The number of amides is 1. The normalized spacial score (nSPS) is 15.2.